The highest BCUT2D eigenvalue weighted by Gasteiger charge is 2.20. The summed E-state index contributed by atoms with van der Waals surface area (Å²) in [5.74, 6) is -1.03. The van der Waals surface area contributed by atoms with Crippen LogP contribution in [-0.2, 0) is 14.4 Å². The molecule has 1 saturated heterocycles. The number of nitrogens with zero attached hydrogens (tertiary/aromatic N) is 1. The lowest BCUT2D eigenvalue weighted by Crippen LogP contribution is -2.39. The van der Waals surface area contributed by atoms with E-state index in [2.05, 4.69) is 24.6 Å². The van der Waals surface area contributed by atoms with Crippen molar-refractivity contribution in [3.63, 3.8) is 0 Å². The van der Waals surface area contributed by atoms with E-state index in [0.29, 0.717) is 18.0 Å². The van der Waals surface area contributed by atoms with Crippen molar-refractivity contribution in [1.82, 2.24) is 10.4 Å². The molecule has 2 aliphatic heterocycles. The standard InChI is InChI=1S/C26H34N2O6/c1-19-9-4-2-7-14-33-26(32)25-20(16-22(29)17-23(25)30)15-21(11-8-10-19)27-34-18-24(31)28-12-5-3-6-13-28/h4,8-9,11,15-17,19,27,29-30H,2-3,5-7,10,12-14,18H2,1H3/b9-4?,11-8+,21-15-. The summed E-state index contributed by atoms with van der Waals surface area (Å²) in [5.41, 5.74) is 3.46. The van der Waals surface area contributed by atoms with E-state index >= 15 is 0 Å². The van der Waals surface area contributed by atoms with Gasteiger partial charge in [-0.05, 0) is 68.2 Å². The molecule has 184 valence electrons. The van der Waals surface area contributed by atoms with Crippen molar-refractivity contribution in [2.24, 2.45) is 5.92 Å². The van der Waals surface area contributed by atoms with Crippen LogP contribution in [0.1, 0.15) is 61.4 Å². The van der Waals surface area contributed by atoms with Crippen LogP contribution in [0.3, 0.4) is 0 Å². The number of phenolic OH excluding ortho intramolecular Hbond substituents is 2. The Labute approximate surface area is 200 Å². The van der Waals surface area contributed by atoms with Gasteiger partial charge in [-0.25, -0.2) is 4.79 Å². The van der Waals surface area contributed by atoms with Crippen LogP contribution in [0.25, 0.3) is 6.08 Å². The first kappa shape index (κ1) is 25.4. The molecule has 1 atom stereocenters. The van der Waals surface area contributed by atoms with Gasteiger partial charge in [-0.2, -0.15) is 0 Å². The second kappa shape index (κ2) is 12.8. The monoisotopic (exact) mass is 470 g/mol. The van der Waals surface area contributed by atoms with E-state index in [1.165, 1.54) is 6.07 Å². The van der Waals surface area contributed by atoms with Crippen molar-refractivity contribution in [2.45, 2.75) is 45.4 Å². The zero-order chi connectivity index (χ0) is 24.3. The summed E-state index contributed by atoms with van der Waals surface area (Å²) >= 11 is 0. The van der Waals surface area contributed by atoms with Crippen molar-refractivity contribution in [1.29, 1.82) is 0 Å². The summed E-state index contributed by atoms with van der Waals surface area (Å²) in [7, 11) is 0. The van der Waals surface area contributed by atoms with Gasteiger partial charge in [0.25, 0.3) is 5.91 Å². The molecule has 34 heavy (non-hydrogen) atoms. The second-order valence-electron chi connectivity index (χ2n) is 8.68. The van der Waals surface area contributed by atoms with Crippen LogP contribution < -0.4 is 5.48 Å². The van der Waals surface area contributed by atoms with Crippen molar-refractivity contribution in [3.05, 3.63) is 53.3 Å². The van der Waals surface area contributed by atoms with Gasteiger partial charge in [0.05, 0.1) is 12.3 Å². The van der Waals surface area contributed by atoms with Crippen molar-refractivity contribution < 1.29 is 29.4 Å². The third kappa shape index (κ3) is 7.66. The number of carbonyl (C=O) groups excluding carboxylic acids is 2. The molecule has 0 spiro atoms. The van der Waals surface area contributed by atoms with Gasteiger partial charge in [0, 0.05) is 19.2 Å². The predicted molar refractivity (Wildman–Crippen MR) is 129 cm³/mol. The number of rotatable bonds is 4. The molecule has 1 unspecified atom stereocenters. The van der Waals surface area contributed by atoms with Crippen molar-refractivity contribution in [3.8, 4) is 11.5 Å². The molecule has 3 N–H and O–H groups in total. The summed E-state index contributed by atoms with van der Waals surface area (Å²) in [6, 6.07) is 2.47. The number of hydroxylamine groups is 1. The summed E-state index contributed by atoms with van der Waals surface area (Å²) < 4.78 is 5.34. The Morgan fingerprint density at radius 3 is 2.76 bits per heavy atom. The Kier molecular flexibility index (Phi) is 9.58. The fraction of sp³-hybridized carbons (Fsp3) is 0.462. The number of aromatic hydroxyl groups is 2. The fourth-order valence-corrected chi connectivity index (χ4v) is 3.92. The van der Waals surface area contributed by atoms with Crippen LogP contribution in [0, 0.1) is 5.92 Å². The minimum Gasteiger partial charge on any atom is -0.508 e. The Balaban J connectivity index is 1.83. The van der Waals surface area contributed by atoms with Gasteiger partial charge in [0.1, 0.15) is 17.1 Å². The van der Waals surface area contributed by atoms with E-state index in [4.69, 9.17) is 9.57 Å². The van der Waals surface area contributed by atoms with Crippen molar-refractivity contribution >= 4 is 18.0 Å². The summed E-state index contributed by atoms with van der Waals surface area (Å²) in [4.78, 5) is 32.4. The predicted octanol–water partition coefficient (Wildman–Crippen LogP) is 4.06. The smallest absolute Gasteiger partial charge is 0.342 e. The quantitative estimate of drug-likeness (QED) is 0.346. The summed E-state index contributed by atoms with van der Waals surface area (Å²) in [6.45, 7) is 3.67. The number of phenols is 2. The minimum atomic E-state index is -0.680. The molecule has 8 heteroatoms. The number of esters is 1. The number of hydrogen-bond donors (Lipinski definition) is 3. The fourth-order valence-electron chi connectivity index (χ4n) is 3.92. The lowest BCUT2D eigenvalue weighted by atomic mass is 10.0. The number of amides is 1. The molecule has 1 fully saturated rings. The number of likely N-dealkylation sites (tertiary alicyclic amines) is 1. The Hall–Kier alpha value is -3.26. The zero-order valence-corrected chi connectivity index (χ0v) is 19.7. The van der Waals surface area contributed by atoms with Gasteiger partial charge in [0.2, 0.25) is 0 Å². The molecule has 8 nitrogen and oxygen atoms in total. The number of ether oxygens (including phenoxy) is 1. The average Bonchev–Trinajstić information content (AvgIpc) is 2.81. The maximum atomic E-state index is 12.7. The first-order valence-corrected chi connectivity index (χ1v) is 11.9. The molecular formula is C26H34N2O6. The van der Waals surface area contributed by atoms with E-state index in [9.17, 15) is 19.8 Å². The molecule has 0 aliphatic carbocycles. The summed E-state index contributed by atoms with van der Waals surface area (Å²) in [5, 5.41) is 20.4. The van der Waals surface area contributed by atoms with Gasteiger partial charge in [-0.3, -0.25) is 15.1 Å². The number of carbonyl (C=O) groups is 2. The molecule has 0 radical (unpaired) electrons. The van der Waals surface area contributed by atoms with Crippen LogP contribution in [-0.4, -0.2) is 53.3 Å². The number of piperidine rings is 1. The van der Waals surface area contributed by atoms with E-state index in [0.717, 1.165) is 51.3 Å². The normalized spacial score (nSPS) is 22.4. The van der Waals surface area contributed by atoms with E-state index < -0.39 is 5.97 Å². The van der Waals surface area contributed by atoms with Crippen LogP contribution in [0.4, 0.5) is 0 Å². The largest absolute Gasteiger partial charge is 0.508 e. The third-order valence-corrected chi connectivity index (χ3v) is 5.76. The average molecular weight is 471 g/mol. The molecule has 2 aliphatic rings. The van der Waals surface area contributed by atoms with Crippen LogP contribution in [0.5, 0.6) is 11.5 Å². The zero-order valence-electron chi connectivity index (χ0n) is 19.7. The molecule has 2 heterocycles. The van der Waals surface area contributed by atoms with Crippen LogP contribution in [0.2, 0.25) is 0 Å². The first-order chi connectivity index (χ1) is 16.4. The molecule has 3 rings (SSSR count). The maximum Gasteiger partial charge on any atom is 0.342 e. The first-order valence-electron chi connectivity index (χ1n) is 11.9. The van der Waals surface area contributed by atoms with E-state index in [-0.39, 0.29) is 41.7 Å². The summed E-state index contributed by atoms with van der Waals surface area (Å²) in [6.07, 6.45) is 14.9. The maximum absolute atomic E-state index is 12.7. The Bertz CT molecular complexity index is 947. The highest BCUT2D eigenvalue weighted by molar-refractivity contribution is 5.97. The number of fused-ring (bicyclic) bond motifs is 1. The molecule has 0 bridgehead atoms. The molecule has 1 amide bonds. The second-order valence-corrected chi connectivity index (χ2v) is 8.68. The van der Waals surface area contributed by atoms with Gasteiger partial charge in [0.15, 0.2) is 6.61 Å². The van der Waals surface area contributed by atoms with E-state index in [1.54, 1.807) is 17.1 Å². The van der Waals surface area contributed by atoms with Gasteiger partial charge < -0.3 is 19.8 Å². The number of nitrogens with one attached hydrogen (secondary N) is 1. The Morgan fingerprint density at radius 2 is 1.97 bits per heavy atom. The van der Waals surface area contributed by atoms with Gasteiger partial charge in [-0.1, -0.05) is 25.2 Å². The number of allylic oxidation sites excluding steroid dienone is 4. The van der Waals surface area contributed by atoms with Gasteiger partial charge >= 0.3 is 5.97 Å². The molecule has 0 saturated carbocycles. The molecular weight excluding hydrogens is 436 g/mol. The van der Waals surface area contributed by atoms with E-state index in [1.807, 2.05) is 6.08 Å². The molecule has 1 aromatic carbocycles. The lowest BCUT2D eigenvalue weighted by molar-refractivity contribution is -0.139. The molecule has 1 aromatic rings. The lowest BCUT2D eigenvalue weighted by Gasteiger charge is -2.26. The highest BCUT2D eigenvalue weighted by Crippen LogP contribution is 2.30. The van der Waals surface area contributed by atoms with Crippen LogP contribution >= 0.6 is 0 Å². The minimum absolute atomic E-state index is 0.0475. The van der Waals surface area contributed by atoms with Crippen LogP contribution in [0.15, 0.2) is 42.1 Å². The third-order valence-electron chi connectivity index (χ3n) is 5.76. The number of benzene rings is 1. The topological polar surface area (TPSA) is 108 Å². The number of hydrogen-bond acceptors (Lipinski definition) is 7. The SMILES string of the molecule is CC1C=CCCCOC(=O)c2c(O)cc(O)cc2/C=C(NOCC(=O)N2CCCCC2)/C=C/C1. The molecule has 0 aromatic heterocycles. The number of cyclic esters (lactones) is 1. The highest BCUT2D eigenvalue weighted by atomic mass is 16.6. The van der Waals surface area contributed by atoms with Gasteiger partial charge in [-0.15, -0.1) is 0 Å². The Morgan fingerprint density at radius 1 is 1.18 bits per heavy atom. The van der Waals surface area contributed by atoms with Crippen molar-refractivity contribution in [2.75, 3.05) is 26.3 Å².